The van der Waals surface area contributed by atoms with Gasteiger partial charge in [-0.1, -0.05) is 41.9 Å². The molecule has 0 radical (unpaired) electrons. The van der Waals surface area contributed by atoms with Crippen LogP contribution in [0.5, 0.6) is 11.5 Å². The average molecular weight is 614 g/mol. The van der Waals surface area contributed by atoms with Crippen LogP contribution in [0.25, 0.3) is 0 Å². The minimum atomic E-state index is -3.41. The van der Waals surface area contributed by atoms with Gasteiger partial charge < -0.3 is 18.9 Å². The molecule has 2 aromatic carbocycles. The fourth-order valence-corrected chi connectivity index (χ4v) is 5.68. The van der Waals surface area contributed by atoms with E-state index < -0.39 is 34.0 Å². The van der Waals surface area contributed by atoms with Crippen molar-refractivity contribution in [2.24, 2.45) is 0 Å². The largest absolute Gasteiger partial charge is 0.490 e. The van der Waals surface area contributed by atoms with Crippen molar-refractivity contribution in [1.82, 2.24) is 0 Å². The molecule has 0 aliphatic rings. The van der Waals surface area contributed by atoms with E-state index in [4.69, 9.17) is 53.8 Å². The van der Waals surface area contributed by atoms with Gasteiger partial charge in [-0.05, 0) is 36.4 Å². The maximum atomic E-state index is 12.0. The van der Waals surface area contributed by atoms with Crippen molar-refractivity contribution in [3.63, 3.8) is 0 Å². The zero-order valence-corrected chi connectivity index (χ0v) is 24.3. The quantitative estimate of drug-likeness (QED) is 0.203. The third-order valence-electron chi connectivity index (χ3n) is 4.60. The molecule has 0 N–H and O–H groups in total. The maximum absolute atomic E-state index is 12.0. The van der Waals surface area contributed by atoms with Crippen LogP contribution in [0.15, 0.2) is 46.2 Å². The lowest BCUT2D eigenvalue weighted by Crippen LogP contribution is -2.32. The summed E-state index contributed by atoms with van der Waals surface area (Å²) in [5.41, 5.74) is 0. The highest BCUT2D eigenvalue weighted by atomic mass is 35.5. The third kappa shape index (κ3) is 11.2. The molecule has 0 aliphatic heterocycles. The van der Waals surface area contributed by atoms with Crippen molar-refractivity contribution >= 4 is 68.3 Å². The molecule has 0 saturated carbocycles. The zero-order chi connectivity index (χ0) is 27.6. The highest BCUT2D eigenvalue weighted by Crippen LogP contribution is 2.39. The second-order valence-corrected chi connectivity index (χ2v) is 12.4. The van der Waals surface area contributed by atoms with E-state index in [1.54, 1.807) is 24.3 Å². The lowest BCUT2D eigenvalue weighted by molar-refractivity contribution is -0.147. The second kappa shape index (κ2) is 14.9. The Labute approximate surface area is 235 Å². The molecule has 0 aromatic heterocycles. The van der Waals surface area contributed by atoms with Crippen LogP contribution < -0.4 is 9.47 Å². The van der Waals surface area contributed by atoms with Crippen molar-refractivity contribution in [3.05, 3.63) is 46.4 Å². The smallest absolute Gasteiger partial charge is 0.303 e. The summed E-state index contributed by atoms with van der Waals surface area (Å²) in [6.07, 6.45) is -1.54. The molecule has 2 rings (SSSR count). The minimum absolute atomic E-state index is 0.0898. The Morgan fingerprint density at radius 2 is 1.43 bits per heavy atom. The summed E-state index contributed by atoms with van der Waals surface area (Å²) >= 11 is 19.9. The van der Waals surface area contributed by atoms with Crippen molar-refractivity contribution in [2.45, 2.75) is 42.8 Å². The standard InChI is InChI=1S/C24H27Cl3O8S2/c1-4-37(30,31)14-19(35-16(3)29)13-33-24-22(26)9-21(10-23(24)27)36-20-7-5-17(6-8-20)32-12-18(11-25)34-15(2)28/h5-10,18-19H,4,11-14H2,1-3H3/t18-,19+/m1/s1. The number of esters is 2. The molecule has 13 heteroatoms. The molecule has 0 fully saturated rings. The van der Waals surface area contributed by atoms with Crippen molar-refractivity contribution in [3.8, 4) is 11.5 Å². The van der Waals surface area contributed by atoms with E-state index in [0.29, 0.717) is 5.75 Å². The number of alkyl halides is 1. The first-order chi connectivity index (χ1) is 17.4. The predicted molar refractivity (Wildman–Crippen MR) is 144 cm³/mol. The molecule has 2 atom stereocenters. The SMILES string of the molecule is CCS(=O)(=O)C[C@H](COc1c(Cl)cc(Sc2ccc(OC[C@@H](CCl)OC(C)=O)cc2)cc1Cl)OC(C)=O. The number of sulfone groups is 1. The summed E-state index contributed by atoms with van der Waals surface area (Å²) in [6.45, 7) is 3.91. The Bertz CT molecular complexity index is 1150. The Morgan fingerprint density at radius 1 is 0.892 bits per heavy atom. The molecule has 2 aromatic rings. The van der Waals surface area contributed by atoms with E-state index in [9.17, 15) is 18.0 Å². The van der Waals surface area contributed by atoms with Gasteiger partial charge in [-0.3, -0.25) is 9.59 Å². The molecule has 0 saturated heterocycles. The first kappa shape index (κ1) is 31.4. The maximum Gasteiger partial charge on any atom is 0.303 e. The topological polar surface area (TPSA) is 105 Å². The van der Waals surface area contributed by atoms with Crippen LogP contribution in [-0.2, 0) is 28.9 Å². The van der Waals surface area contributed by atoms with Gasteiger partial charge in [-0.25, -0.2) is 8.42 Å². The van der Waals surface area contributed by atoms with Gasteiger partial charge in [0.15, 0.2) is 15.6 Å². The summed E-state index contributed by atoms with van der Waals surface area (Å²) in [6, 6.07) is 10.5. The molecular weight excluding hydrogens is 587 g/mol. The number of carbonyl (C=O) groups excluding carboxylic acids is 2. The van der Waals surface area contributed by atoms with Crippen LogP contribution in [0.3, 0.4) is 0 Å². The second-order valence-electron chi connectivity index (χ2n) is 7.73. The number of rotatable bonds is 14. The summed E-state index contributed by atoms with van der Waals surface area (Å²) in [5.74, 6) is -0.651. The Kier molecular flexibility index (Phi) is 12.7. The van der Waals surface area contributed by atoms with Crippen molar-refractivity contribution in [2.75, 3.05) is 30.6 Å². The first-order valence-electron chi connectivity index (χ1n) is 11.1. The van der Waals surface area contributed by atoms with Gasteiger partial charge in [0.1, 0.15) is 31.2 Å². The van der Waals surface area contributed by atoms with Crippen LogP contribution >= 0.6 is 46.6 Å². The first-order valence-corrected chi connectivity index (χ1v) is 15.0. The van der Waals surface area contributed by atoms with Gasteiger partial charge in [0.25, 0.3) is 0 Å². The average Bonchev–Trinajstić information content (AvgIpc) is 2.81. The summed E-state index contributed by atoms with van der Waals surface area (Å²) in [5, 5.41) is 0.430. The molecule has 0 bridgehead atoms. The molecule has 0 amide bonds. The van der Waals surface area contributed by atoms with Crippen molar-refractivity contribution < 1.29 is 37.0 Å². The fourth-order valence-electron chi connectivity index (χ4n) is 2.94. The molecule has 204 valence electrons. The monoisotopic (exact) mass is 612 g/mol. The number of hydrogen-bond acceptors (Lipinski definition) is 9. The normalized spacial score (nSPS) is 12.9. The third-order valence-corrected chi connectivity index (χ3v) is 8.24. The van der Waals surface area contributed by atoms with E-state index in [1.807, 2.05) is 12.1 Å². The summed E-state index contributed by atoms with van der Waals surface area (Å²) in [7, 11) is -3.41. The molecule has 37 heavy (non-hydrogen) atoms. The van der Waals surface area contributed by atoms with E-state index in [0.717, 1.165) is 9.79 Å². The molecule has 0 heterocycles. The van der Waals surface area contributed by atoms with Gasteiger partial charge in [-0.2, -0.15) is 0 Å². The van der Waals surface area contributed by atoms with Gasteiger partial charge in [-0.15, -0.1) is 11.6 Å². The van der Waals surface area contributed by atoms with Gasteiger partial charge in [0.2, 0.25) is 0 Å². The Balaban J connectivity index is 2.03. The number of halogens is 3. The summed E-state index contributed by atoms with van der Waals surface area (Å²) in [4.78, 5) is 24.1. The van der Waals surface area contributed by atoms with Crippen LogP contribution in [-0.4, -0.2) is 63.2 Å². The molecule has 0 unspecified atom stereocenters. The van der Waals surface area contributed by atoms with E-state index in [-0.39, 0.29) is 46.4 Å². The lowest BCUT2D eigenvalue weighted by Gasteiger charge is -2.19. The highest BCUT2D eigenvalue weighted by molar-refractivity contribution is 7.99. The lowest BCUT2D eigenvalue weighted by atomic mass is 10.3. The fraction of sp³-hybridized carbons (Fsp3) is 0.417. The molecule has 0 spiro atoms. The molecule has 0 aliphatic carbocycles. The number of carbonyl (C=O) groups is 2. The Morgan fingerprint density at radius 3 is 1.95 bits per heavy atom. The zero-order valence-electron chi connectivity index (χ0n) is 20.4. The molecular formula is C24H27Cl3O8S2. The Hall–Kier alpha value is -1.85. The van der Waals surface area contributed by atoms with E-state index in [2.05, 4.69) is 0 Å². The van der Waals surface area contributed by atoms with Crippen molar-refractivity contribution in [1.29, 1.82) is 0 Å². The van der Waals surface area contributed by atoms with Gasteiger partial charge in [0, 0.05) is 29.4 Å². The van der Waals surface area contributed by atoms with Gasteiger partial charge >= 0.3 is 11.9 Å². The van der Waals surface area contributed by atoms with Crippen LogP contribution in [0, 0.1) is 0 Å². The number of benzene rings is 2. The minimum Gasteiger partial charge on any atom is -0.490 e. The molecule has 8 nitrogen and oxygen atoms in total. The van der Waals surface area contributed by atoms with Gasteiger partial charge in [0.05, 0.1) is 21.7 Å². The summed E-state index contributed by atoms with van der Waals surface area (Å²) < 4.78 is 45.3. The van der Waals surface area contributed by atoms with Crippen LogP contribution in [0.4, 0.5) is 0 Å². The van der Waals surface area contributed by atoms with E-state index >= 15 is 0 Å². The highest BCUT2D eigenvalue weighted by Gasteiger charge is 2.22. The predicted octanol–water partition coefficient (Wildman–Crippen LogP) is 5.44. The number of ether oxygens (including phenoxy) is 4. The van der Waals surface area contributed by atoms with Crippen LogP contribution in [0.2, 0.25) is 10.0 Å². The number of hydrogen-bond donors (Lipinski definition) is 0. The van der Waals surface area contributed by atoms with Crippen LogP contribution in [0.1, 0.15) is 20.8 Å². The van der Waals surface area contributed by atoms with E-state index in [1.165, 1.54) is 32.5 Å².